The average molecular weight is 190 g/mol. The van der Waals surface area contributed by atoms with Gasteiger partial charge >= 0.3 is 0 Å². The van der Waals surface area contributed by atoms with Crippen LogP contribution in [0, 0.1) is 23.7 Å². The Kier molecular flexibility index (Phi) is 3.10. The van der Waals surface area contributed by atoms with Crippen molar-refractivity contribution in [1.29, 1.82) is 0 Å². The van der Waals surface area contributed by atoms with Crippen LogP contribution in [0.15, 0.2) is 24.3 Å². The number of hydrogen-bond acceptors (Lipinski definition) is 0. The molecule has 1 fully saturated rings. The molecule has 2 rings (SSSR count). The maximum absolute atomic E-state index is 2.47. The van der Waals surface area contributed by atoms with E-state index in [4.69, 9.17) is 0 Å². The summed E-state index contributed by atoms with van der Waals surface area (Å²) in [5.74, 6) is 3.76. The van der Waals surface area contributed by atoms with E-state index >= 15 is 0 Å². The van der Waals surface area contributed by atoms with Crippen molar-refractivity contribution in [3.8, 4) is 0 Å². The van der Waals surface area contributed by atoms with Crippen molar-refractivity contribution >= 4 is 0 Å². The summed E-state index contributed by atoms with van der Waals surface area (Å²) in [4.78, 5) is 0. The van der Waals surface area contributed by atoms with Crippen molar-refractivity contribution in [3.63, 3.8) is 0 Å². The van der Waals surface area contributed by atoms with E-state index in [9.17, 15) is 0 Å². The van der Waals surface area contributed by atoms with Crippen LogP contribution in [0.4, 0.5) is 0 Å². The van der Waals surface area contributed by atoms with E-state index in [1.165, 1.54) is 25.7 Å². The minimum atomic E-state index is 0.879. The molecule has 0 heterocycles. The van der Waals surface area contributed by atoms with Crippen LogP contribution in [0.1, 0.15) is 39.5 Å². The Balaban J connectivity index is 1.78. The fourth-order valence-corrected chi connectivity index (χ4v) is 3.15. The van der Waals surface area contributed by atoms with Crippen LogP contribution >= 0.6 is 0 Å². The van der Waals surface area contributed by atoms with Gasteiger partial charge in [0.25, 0.3) is 0 Å². The molecule has 2 aliphatic carbocycles. The summed E-state index contributed by atoms with van der Waals surface area (Å²) in [6.45, 7) is 4.52. The minimum absolute atomic E-state index is 0.879. The first-order valence-electron chi connectivity index (χ1n) is 6.09. The average Bonchev–Trinajstić information content (AvgIpc) is 2.76. The molecule has 0 aromatic carbocycles. The van der Waals surface area contributed by atoms with Crippen molar-refractivity contribution in [2.45, 2.75) is 39.5 Å². The van der Waals surface area contributed by atoms with E-state index in [0.29, 0.717) is 0 Å². The first-order valence-corrected chi connectivity index (χ1v) is 6.09. The van der Waals surface area contributed by atoms with Gasteiger partial charge in [-0.15, -0.1) is 0 Å². The van der Waals surface area contributed by atoms with Gasteiger partial charge in [0.15, 0.2) is 0 Å². The largest absolute Gasteiger partial charge is 0.0917 e. The summed E-state index contributed by atoms with van der Waals surface area (Å²) in [6, 6.07) is 0. The van der Waals surface area contributed by atoms with Crippen LogP contribution in [-0.2, 0) is 0 Å². The molecule has 4 unspecified atom stereocenters. The zero-order chi connectivity index (χ0) is 9.97. The molecule has 0 aliphatic heterocycles. The SMILES string of the molecule is CC=CCC(C)CC1CC2C=CC1C2. The van der Waals surface area contributed by atoms with Crippen LogP contribution < -0.4 is 0 Å². The van der Waals surface area contributed by atoms with E-state index in [1.54, 1.807) is 0 Å². The fraction of sp³-hybridized carbons (Fsp3) is 0.714. The molecule has 78 valence electrons. The lowest BCUT2D eigenvalue weighted by molar-refractivity contribution is 0.346. The van der Waals surface area contributed by atoms with E-state index < -0.39 is 0 Å². The Hall–Kier alpha value is -0.520. The zero-order valence-corrected chi connectivity index (χ0v) is 9.45. The molecule has 1 saturated carbocycles. The molecule has 0 heteroatoms. The monoisotopic (exact) mass is 190 g/mol. The van der Waals surface area contributed by atoms with Crippen LogP contribution in [0.5, 0.6) is 0 Å². The molecule has 0 aromatic heterocycles. The topological polar surface area (TPSA) is 0 Å². The molecular weight excluding hydrogens is 168 g/mol. The Morgan fingerprint density at radius 3 is 2.79 bits per heavy atom. The second-order valence-corrected chi connectivity index (χ2v) is 5.19. The molecule has 0 saturated heterocycles. The predicted octanol–water partition coefficient (Wildman–Crippen LogP) is 4.19. The van der Waals surface area contributed by atoms with Gasteiger partial charge in [-0.1, -0.05) is 31.2 Å². The third-order valence-electron chi connectivity index (χ3n) is 3.90. The first-order chi connectivity index (χ1) is 6.79. The van der Waals surface area contributed by atoms with Crippen molar-refractivity contribution in [1.82, 2.24) is 0 Å². The second kappa shape index (κ2) is 4.33. The van der Waals surface area contributed by atoms with Crippen molar-refractivity contribution < 1.29 is 0 Å². The summed E-state index contributed by atoms with van der Waals surface area (Å²) in [5, 5.41) is 0. The number of allylic oxidation sites excluding steroid dienone is 4. The third kappa shape index (κ3) is 2.10. The van der Waals surface area contributed by atoms with Gasteiger partial charge in [0.1, 0.15) is 0 Å². The summed E-state index contributed by atoms with van der Waals surface area (Å²) in [5.41, 5.74) is 0. The second-order valence-electron chi connectivity index (χ2n) is 5.19. The highest BCUT2D eigenvalue weighted by Gasteiger charge is 2.35. The van der Waals surface area contributed by atoms with E-state index in [2.05, 4.69) is 38.2 Å². The van der Waals surface area contributed by atoms with Crippen LogP contribution in [0.25, 0.3) is 0 Å². The normalized spacial score (nSPS) is 37.1. The van der Waals surface area contributed by atoms with Gasteiger partial charge in [0.2, 0.25) is 0 Å². The van der Waals surface area contributed by atoms with Gasteiger partial charge in [-0.2, -0.15) is 0 Å². The molecule has 4 atom stereocenters. The predicted molar refractivity (Wildman–Crippen MR) is 62.1 cm³/mol. The lowest BCUT2D eigenvalue weighted by Gasteiger charge is -2.21. The Morgan fingerprint density at radius 1 is 1.36 bits per heavy atom. The number of hydrogen-bond donors (Lipinski definition) is 0. The third-order valence-corrected chi connectivity index (χ3v) is 3.90. The highest BCUT2D eigenvalue weighted by Crippen LogP contribution is 2.46. The zero-order valence-electron chi connectivity index (χ0n) is 9.45. The molecule has 0 spiro atoms. The van der Waals surface area contributed by atoms with Crippen LogP contribution in [0.3, 0.4) is 0 Å². The molecule has 2 aliphatic rings. The molecule has 0 nitrogen and oxygen atoms in total. The maximum atomic E-state index is 2.47. The van der Waals surface area contributed by atoms with Crippen molar-refractivity contribution in [2.24, 2.45) is 23.7 Å². The van der Waals surface area contributed by atoms with Gasteiger partial charge in [-0.25, -0.2) is 0 Å². The number of rotatable bonds is 4. The molecule has 0 N–H and O–H groups in total. The maximum Gasteiger partial charge on any atom is -0.0199 e. The summed E-state index contributed by atoms with van der Waals surface area (Å²) in [6.07, 6.45) is 15.1. The Morgan fingerprint density at radius 2 is 2.21 bits per heavy atom. The molecule has 0 aromatic rings. The van der Waals surface area contributed by atoms with Gasteiger partial charge in [0, 0.05) is 0 Å². The highest BCUT2D eigenvalue weighted by molar-refractivity contribution is 5.10. The van der Waals surface area contributed by atoms with Gasteiger partial charge in [0.05, 0.1) is 0 Å². The Labute approximate surface area is 88.1 Å². The van der Waals surface area contributed by atoms with Gasteiger partial charge < -0.3 is 0 Å². The van der Waals surface area contributed by atoms with E-state index in [0.717, 1.165) is 23.7 Å². The van der Waals surface area contributed by atoms with Crippen LogP contribution in [-0.4, -0.2) is 0 Å². The lowest BCUT2D eigenvalue weighted by atomic mass is 9.84. The van der Waals surface area contributed by atoms with Crippen molar-refractivity contribution in [2.75, 3.05) is 0 Å². The molecular formula is C14H22. The molecule has 0 amide bonds. The first kappa shape index (κ1) is 10.0. The quantitative estimate of drug-likeness (QED) is 0.583. The summed E-state index contributed by atoms with van der Waals surface area (Å²) in [7, 11) is 0. The van der Waals surface area contributed by atoms with Crippen LogP contribution in [0.2, 0.25) is 0 Å². The highest BCUT2D eigenvalue weighted by atomic mass is 14.4. The van der Waals surface area contributed by atoms with Gasteiger partial charge in [-0.3, -0.25) is 0 Å². The number of fused-ring (bicyclic) bond motifs is 2. The standard InChI is InChI=1S/C14H22/c1-3-4-5-11(2)8-14-10-12-6-7-13(14)9-12/h3-4,6-7,11-14H,5,8-10H2,1-2H3. The summed E-state index contributed by atoms with van der Waals surface area (Å²) >= 11 is 0. The molecule has 0 radical (unpaired) electrons. The van der Waals surface area contributed by atoms with Gasteiger partial charge in [-0.05, 0) is 56.3 Å². The lowest BCUT2D eigenvalue weighted by Crippen LogP contribution is -2.11. The van der Waals surface area contributed by atoms with E-state index in [-0.39, 0.29) is 0 Å². The van der Waals surface area contributed by atoms with Crippen molar-refractivity contribution in [3.05, 3.63) is 24.3 Å². The minimum Gasteiger partial charge on any atom is -0.0917 e. The van der Waals surface area contributed by atoms with E-state index in [1.807, 2.05) is 0 Å². The Bertz CT molecular complexity index is 236. The summed E-state index contributed by atoms with van der Waals surface area (Å²) < 4.78 is 0. The fourth-order valence-electron chi connectivity index (χ4n) is 3.15. The molecule has 2 bridgehead atoms. The molecule has 14 heavy (non-hydrogen) atoms. The smallest absolute Gasteiger partial charge is 0.0199 e.